The van der Waals surface area contributed by atoms with Crippen molar-refractivity contribution in [2.24, 2.45) is 5.92 Å². The summed E-state index contributed by atoms with van der Waals surface area (Å²) in [5, 5.41) is 10.7. The van der Waals surface area contributed by atoms with E-state index in [0.29, 0.717) is 25.7 Å². The lowest BCUT2D eigenvalue weighted by molar-refractivity contribution is -0.161. The summed E-state index contributed by atoms with van der Waals surface area (Å²) in [6, 6.07) is 0. The highest BCUT2D eigenvalue weighted by atomic mass is 31.2. The molecule has 0 aromatic rings. The van der Waals surface area contributed by atoms with Crippen molar-refractivity contribution in [3.8, 4) is 0 Å². The number of hydrogen-bond acceptors (Lipinski definition) is 15. The van der Waals surface area contributed by atoms with Crippen LogP contribution in [0.1, 0.15) is 446 Å². The van der Waals surface area contributed by atoms with Gasteiger partial charge in [0.25, 0.3) is 0 Å². The first-order valence-corrected chi connectivity index (χ1v) is 46.1. The van der Waals surface area contributed by atoms with Gasteiger partial charge in [-0.15, -0.1) is 0 Å². The van der Waals surface area contributed by atoms with Crippen LogP contribution in [-0.4, -0.2) is 96.7 Å². The molecule has 0 heterocycles. The summed E-state index contributed by atoms with van der Waals surface area (Å²) in [4.78, 5) is 73.1. The van der Waals surface area contributed by atoms with Crippen molar-refractivity contribution in [3.05, 3.63) is 0 Å². The standard InChI is InChI=1S/C83H162O17P2/c1-6-9-12-15-18-21-24-27-29-31-33-35-37-39-42-48-53-58-63-68-82(87)99-78(72-94-81(86)67-62-57-52-47-41-38-36-34-32-30-28-25-22-19-16-13-10-7-2)74-97-101(89,90)95-70-77(84)71-96-102(91,92)98-75-79(73-93-80(85)66-61-56-51-46-40-26-23-20-17-14-11-8-3)100-83(88)69-64-59-54-49-44-43-45-50-55-60-65-76(4)5/h76-79,84H,6-75H2,1-5H3,(H,89,90)(H,91,92)/t77-,78-,79-/m1/s1. The lowest BCUT2D eigenvalue weighted by Gasteiger charge is -2.21. The van der Waals surface area contributed by atoms with Gasteiger partial charge in [0.1, 0.15) is 19.3 Å². The van der Waals surface area contributed by atoms with Crippen LogP contribution in [0.25, 0.3) is 0 Å². The Balaban J connectivity index is 5.24. The molecule has 0 aliphatic heterocycles. The van der Waals surface area contributed by atoms with Crippen molar-refractivity contribution in [2.75, 3.05) is 39.6 Å². The molecule has 0 saturated carbocycles. The Morgan fingerprint density at radius 3 is 0.667 bits per heavy atom. The van der Waals surface area contributed by atoms with E-state index in [-0.39, 0.29) is 25.7 Å². The molecule has 0 rings (SSSR count). The van der Waals surface area contributed by atoms with E-state index in [1.54, 1.807) is 0 Å². The highest BCUT2D eigenvalue weighted by molar-refractivity contribution is 7.47. The van der Waals surface area contributed by atoms with Gasteiger partial charge < -0.3 is 33.8 Å². The Kier molecular flexibility index (Phi) is 74.4. The molecule has 0 radical (unpaired) electrons. The fourth-order valence-corrected chi connectivity index (χ4v) is 14.5. The van der Waals surface area contributed by atoms with E-state index in [9.17, 15) is 43.2 Å². The second-order valence-electron chi connectivity index (χ2n) is 30.3. The molecular formula is C83H162O17P2. The summed E-state index contributed by atoms with van der Waals surface area (Å²) in [6.45, 7) is 7.34. The lowest BCUT2D eigenvalue weighted by atomic mass is 10.0. The number of esters is 4. The number of aliphatic hydroxyl groups excluding tert-OH is 1. The Labute approximate surface area is 626 Å². The van der Waals surface area contributed by atoms with Crippen molar-refractivity contribution in [1.82, 2.24) is 0 Å². The number of phosphoric acid groups is 2. The van der Waals surface area contributed by atoms with Gasteiger partial charge in [-0.05, 0) is 31.6 Å². The van der Waals surface area contributed by atoms with Crippen LogP contribution in [-0.2, 0) is 65.4 Å². The zero-order valence-electron chi connectivity index (χ0n) is 66.8. The third kappa shape index (κ3) is 76.3. The number of ether oxygens (including phenoxy) is 4. The molecule has 17 nitrogen and oxygen atoms in total. The summed E-state index contributed by atoms with van der Waals surface area (Å²) in [6.07, 6.45) is 68.0. The van der Waals surface area contributed by atoms with E-state index in [0.717, 1.165) is 95.8 Å². The minimum absolute atomic E-state index is 0.107. The van der Waals surface area contributed by atoms with E-state index in [1.165, 1.54) is 270 Å². The van der Waals surface area contributed by atoms with Crippen LogP contribution in [0.4, 0.5) is 0 Å². The van der Waals surface area contributed by atoms with Crippen LogP contribution in [0, 0.1) is 5.92 Å². The third-order valence-electron chi connectivity index (χ3n) is 19.5. The molecule has 0 aromatic heterocycles. The topological polar surface area (TPSA) is 237 Å². The molecule has 3 N–H and O–H groups in total. The van der Waals surface area contributed by atoms with Crippen LogP contribution in [0.3, 0.4) is 0 Å². The molecule has 2 unspecified atom stereocenters. The first-order valence-electron chi connectivity index (χ1n) is 43.1. The predicted molar refractivity (Wildman–Crippen MR) is 418 cm³/mol. The molecule has 0 spiro atoms. The Morgan fingerprint density at radius 2 is 0.451 bits per heavy atom. The van der Waals surface area contributed by atoms with Gasteiger partial charge in [0.2, 0.25) is 0 Å². The fourth-order valence-electron chi connectivity index (χ4n) is 12.9. The van der Waals surface area contributed by atoms with Crippen LogP contribution < -0.4 is 0 Å². The Morgan fingerprint density at radius 1 is 0.265 bits per heavy atom. The third-order valence-corrected chi connectivity index (χ3v) is 21.4. The smallest absolute Gasteiger partial charge is 0.462 e. The highest BCUT2D eigenvalue weighted by Gasteiger charge is 2.30. The van der Waals surface area contributed by atoms with E-state index < -0.39 is 97.5 Å². The largest absolute Gasteiger partial charge is 0.472 e. The van der Waals surface area contributed by atoms with Crippen molar-refractivity contribution in [3.63, 3.8) is 0 Å². The molecule has 102 heavy (non-hydrogen) atoms. The van der Waals surface area contributed by atoms with E-state index >= 15 is 0 Å². The number of carbonyl (C=O) groups excluding carboxylic acids is 4. The van der Waals surface area contributed by atoms with Crippen molar-refractivity contribution in [1.29, 1.82) is 0 Å². The molecule has 0 aromatic carbocycles. The first-order chi connectivity index (χ1) is 49.5. The number of aliphatic hydroxyl groups is 1. The molecule has 19 heteroatoms. The Hall–Kier alpha value is -1.94. The SMILES string of the molecule is CCCCCCCCCCCCCCCCCCCCCC(=O)O[C@H](COC(=O)CCCCCCCCCCCCCCCCCCCC)COP(=O)(O)OC[C@@H](O)COP(=O)(O)OC[C@@H](COC(=O)CCCCCCCCCCCCCC)OC(=O)CCCCCCCCCCCCC(C)C. The van der Waals surface area contributed by atoms with Crippen molar-refractivity contribution < 1.29 is 80.2 Å². The first kappa shape index (κ1) is 100. The van der Waals surface area contributed by atoms with E-state index in [4.69, 9.17) is 37.0 Å². The van der Waals surface area contributed by atoms with Gasteiger partial charge in [0.05, 0.1) is 26.4 Å². The van der Waals surface area contributed by atoms with Crippen LogP contribution in [0.2, 0.25) is 0 Å². The van der Waals surface area contributed by atoms with E-state index in [1.807, 2.05) is 0 Å². The maximum Gasteiger partial charge on any atom is 0.472 e. The zero-order chi connectivity index (χ0) is 74.8. The van der Waals surface area contributed by atoms with Crippen LogP contribution >= 0.6 is 15.6 Å². The molecule has 0 saturated heterocycles. The predicted octanol–water partition coefficient (Wildman–Crippen LogP) is 25.2. The van der Waals surface area contributed by atoms with Gasteiger partial charge in [0, 0.05) is 25.7 Å². The van der Waals surface area contributed by atoms with Crippen LogP contribution in [0.5, 0.6) is 0 Å². The van der Waals surface area contributed by atoms with Gasteiger partial charge in [0.15, 0.2) is 12.2 Å². The maximum atomic E-state index is 13.1. The van der Waals surface area contributed by atoms with Crippen molar-refractivity contribution >= 4 is 39.5 Å². The lowest BCUT2D eigenvalue weighted by Crippen LogP contribution is -2.30. The number of unbranched alkanes of at least 4 members (excludes halogenated alkanes) is 55. The molecular weight excluding hydrogens is 1330 g/mol. The number of phosphoric ester groups is 2. The summed E-state index contributed by atoms with van der Waals surface area (Å²) < 4.78 is 68.8. The molecule has 5 atom stereocenters. The number of carbonyl (C=O) groups is 4. The summed E-state index contributed by atoms with van der Waals surface area (Å²) in [7, 11) is -9.92. The molecule has 0 fully saturated rings. The monoisotopic (exact) mass is 1490 g/mol. The number of rotatable bonds is 83. The maximum absolute atomic E-state index is 13.1. The van der Waals surface area contributed by atoms with Gasteiger partial charge in [-0.1, -0.05) is 394 Å². The fraction of sp³-hybridized carbons (Fsp3) is 0.952. The molecule has 0 aliphatic carbocycles. The van der Waals surface area contributed by atoms with Crippen molar-refractivity contribution in [2.45, 2.75) is 464 Å². The molecule has 606 valence electrons. The quantitative estimate of drug-likeness (QED) is 0.0222. The zero-order valence-corrected chi connectivity index (χ0v) is 68.5. The van der Waals surface area contributed by atoms with Gasteiger partial charge in [-0.3, -0.25) is 37.3 Å². The number of hydrogen-bond donors (Lipinski definition) is 3. The molecule has 0 aliphatic rings. The average molecular weight is 1490 g/mol. The minimum atomic E-state index is -4.96. The second-order valence-corrected chi connectivity index (χ2v) is 33.3. The normalized spacial score (nSPS) is 13.8. The Bertz CT molecular complexity index is 1940. The molecule has 0 bridgehead atoms. The van der Waals surface area contributed by atoms with Gasteiger partial charge in [-0.25, -0.2) is 9.13 Å². The molecule has 0 amide bonds. The average Bonchev–Trinajstić information content (AvgIpc) is 0.921. The summed E-state index contributed by atoms with van der Waals surface area (Å²) >= 11 is 0. The minimum Gasteiger partial charge on any atom is -0.462 e. The van der Waals surface area contributed by atoms with Crippen LogP contribution in [0.15, 0.2) is 0 Å². The van der Waals surface area contributed by atoms with Gasteiger partial charge >= 0.3 is 39.5 Å². The summed E-state index contributed by atoms with van der Waals surface area (Å²) in [5.41, 5.74) is 0. The highest BCUT2D eigenvalue weighted by Crippen LogP contribution is 2.45. The van der Waals surface area contributed by atoms with Gasteiger partial charge in [-0.2, -0.15) is 0 Å². The second kappa shape index (κ2) is 75.9. The van der Waals surface area contributed by atoms with E-state index in [2.05, 4.69) is 34.6 Å². The summed E-state index contributed by atoms with van der Waals surface area (Å²) in [5.74, 6) is -1.35.